The maximum absolute atomic E-state index is 12.6. The van der Waals surface area contributed by atoms with Gasteiger partial charge in [0.2, 0.25) is 11.8 Å². The van der Waals surface area contributed by atoms with Crippen molar-refractivity contribution in [1.82, 2.24) is 4.90 Å². The first kappa shape index (κ1) is 18.5. The molecule has 2 amide bonds. The number of amides is 2. The van der Waals surface area contributed by atoms with Gasteiger partial charge in [-0.25, -0.2) is 0 Å². The van der Waals surface area contributed by atoms with Crippen molar-refractivity contribution >= 4 is 23.6 Å². The maximum Gasteiger partial charge on any atom is 0.247 e. The highest BCUT2D eigenvalue weighted by atomic mass is 16.2. The van der Waals surface area contributed by atoms with E-state index in [1.54, 1.807) is 17.9 Å². The Kier molecular flexibility index (Phi) is 6.96. The molecule has 0 bridgehead atoms. The van der Waals surface area contributed by atoms with Gasteiger partial charge in [0.25, 0.3) is 0 Å². The van der Waals surface area contributed by atoms with E-state index in [0.29, 0.717) is 6.54 Å². The number of para-hydroxylation sites is 1. The Morgan fingerprint density at radius 3 is 2.24 bits per heavy atom. The van der Waals surface area contributed by atoms with E-state index in [0.717, 1.165) is 17.7 Å². The predicted octanol–water partition coefficient (Wildman–Crippen LogP) is 3.97. The van der Waals surface area contributed by atoms with Crippen LogP contribution in [-0.2, 0) is 9.59 Å². The third-order valence-electron chi connectivity index (χ3n) is 3.85. The summed E-state index contributed by atoms with van der Waals surface area (Å²) in [6, 6.07) is 18.3. The molecule has 4 heteroatoms. The van der Waals surface area contributed by atoms with Crippen molar-refractivity contribution in [2.45, 2.75) is 26.3 Å². The molecule has 0 fully saturated rings. The second kappa shape index (κ2) is 9.42. The van der Waals surface area contributed by atoms with Gasteiger partial charge in [-0.1, -0.05) is 55.5 Å². The van der Waals surface area contributed by atoms with Crippen LogP contribution in [0.25, 0.3) is 6.08 Å². The fourth-order valence-corrected chi connectivity index (χ4v) is 2.47. The summed E-state index contributed by atoms with van der Waals surface area (Å²) in [6.07, 6.45) is 4.08. The van der Waals surface area contributed by atoms with Gasteiger partial charge in [-0.15, -0.1) is 0 Å². The molecule has 4 nitrogen and oxygen atoms in total. The smallest absolute Gasteiger partial charge is 0.247 e. The molecule has 0 saturated carbocycles. The average molecular weight is 336 g/mol. The van der Waals surface area contributed by atoms with E-state index >= 15 is 0 Å². The number of hydrogen-bond acceptors (Lipinski definition) is 2. The summed E-state index contributed by atoms with van der Waals surface area (Å²) in [5, 5.41) is 2.85. The molecule has 0 heterocycles. The van der Waals surface area contributed by atoms with Crippen LogP contribution < -0.4 is 5.32 Å². The molecule has 0 saturated heterocycles. The number of nitrogens with one attached hydrogen (secondary N) is 1. The van der Waals surface area contributed by atoms with E-state index < -0.39 is 6.04 Å². The molecule has 2 aromatic carbocycles. The summed E-state index contributed by atoms with van der Waals surface area (Å²) in [5.41, 5.74) is 1.68. The standard InChI is InChI=1S/C21H24N2O2/c1-3-16-23(20(24)15-14-18-10-6-4-7-11-18)17(2)21(25)22-19-12-8-5-9-13-19/h4-15,17H,3,16H2,1-2H3,(H,22,25)/b15-14-/t17-/m0/s1. The van der Waals surface area contributed by atoms with Crippen LogP contribution in [0.15, 0.2) is 66.7 Å². The van der Waals surface area contributed by atoms with E-state index in [1.807, 2.05) is 67.6 Å². The van der Waals surface area contributed by atoms with E-state index in [4.69, 9.17) is 0 Å². The van der Waals surface area contributed by atoms with Gasteiger partial charge in [0.1, 0.15) is 6.04 Å². The quantitative estimate of drug-likeness (QED) is 0.778. The minimum absolute atomic E-state index is 0.165. The summed E-state index contributed by atoms with van der Waals surface area (Å²) in [4.78, 5) is 26.6. The Balaban J connectivity index is 2.06. The predicted molar refractivity (Wildman–Crippen MR) is 102 cm³/mol. The van der Waals surface area contributed by atoms with Gasteiger partial charge >= 0.3 is 0 Å². The van der Waals surface area contributed by atoms with E-state index in [9.17, 15) is 9.59 Å². The van der Waals surface area contributed by atoms with Crippen molar-refractivity contribution in [3.63, 3.8) is 0 Å². The second-order valence-corrected chi connectivity index (χ2v) is 5.81. The summed E-state index contributed by atoms with van der Waals surface area (Å²) in [6.45, 7) is 4.27. The second-order valence-electron chi connectivity index (χ2n) is 5.81. The number of carbonyl (C=O) groups excluding carboxylic acids is 2. The Hall–Kier alpha value is -2.88. The molecular weight excluding hydrogens is 312 g/mol. The Morgan fingerprint density at radius 2 is 1.64 bits per heavy atom. The molecule has 0 aliphatic heterocycles. The number of benzene rings is 2. The van der Waals surface area contributed by atoms with Crippen molar-refractivity contribution in [3.8, 4) is 0 Å². The average Bonchev–Trinajstić information content (AvgIpc) is 2.65. The molecule has 1 N–H and O–H groups in total. The van der Waals surface area contributed by atoms with Gasteiger partial charge in [0.05, 0.1) is 0 Å². The van der Waals surface area contributed by atoms with Crippen molar-refractivity contribution in [3.05, 3.63) is 72.3 Å². The summed E-state index contributed by atoms with van der Waals surface area (Å²) in [7, 11) is 0. The van der Waals surface area contributed by atoms with Crippen LogP contribution >= 0.6 is 0 Å². The summed E-state index contributed by atoms with van der Waals surface area (Å²) < 4.78 is 0. The molecule has 0 aromatic heterocycles. The minimum atomic E-state index is -0.548. The molecule has 130 valence electrons. The van der Waals surface area contributed by atoms with Gasteiger partial charge in [0, 0.05) is 18.3 Å². The molecule has 0 aliphatic rings. The molecule has 25 heavy (non-hydrogen) atoms. The molecule has 0 radical (unpaired) electrons. The third-order valence-corrected chi connectivity index (χ3v) is 3.85. The van der Waals surface area contributed by atoms with Gasteiger partial charge < -0.3 is 10.2 Å². The van der Waals surface area contributed by atoms with Gasteiger partial charge in [-0.05, 0) is 37.1 Å². The van der Waals surface area contributed by atoms with Gasteiger partial charge in [0.15, 0.2) is 0 Å². The minimum Gasteiger partial charge on any atom is -0.327 e. The van der Waals surface area contributed by atoms with E-state index in [1.165, 1.54) is 6.08 Å². The van der Waals surface area contributed by atoms with Crippen LogP contribution in [0, 0.1) is 0 Å². The first-order valence-corrected chi connectivity index (χ1v) is 8.51. The van der Waals surface area contributed by atoms with Crippen molar-refractivity contribution in [2.75, 3.05) is 11.9 Å². The highest BCUT2D eigenvalue weighted by molar-refractivity contribution is 5.99. The Labute approximate surface area is 149 Å². The van der Waals surface area contributed by atoms with Crippen LogP contribution in [0.3, 0.4) is 0 Å². The Bertz CT molecular complexity index is 711. The lowest BCUT2D eigenvalue weighted by Crippen LogP contribution is -2.45. The van der Waals surface area contributed by atoms with Crippen LogP contribution in [0.4, 0.5) is 5.69 Å². The fraction of sp³-hybridized carbons (Fsp3) is 0.238. The zero-order chi connectivity index (χ0) is 18.1. The normalized spacial score (nSPS) is 11.9. The number of hydrogen-bond donors (Lipinski definition) is 1. The molecule has 0 spiro atoms. The molecule has 1 atom stereocenters. The van der Waals surface area contributed by atoms with Crippen molar-refractivity contribution in [2.24, 2.45) is 0 Å². The van der Waals surface area contributed by atoms with Crippen LogP contribution in [0.1, 0.15) is 25.8 Å². The van der Waals surface area contributed by atoms with E-state index in [-0.39, 0.29) is 11.8 Å². The fourth-order valence-electron chi connectivity index (χ4n) is 2.47. The lowest BCUT2D eigenvalue weighted by molar-refractivity contribution is -0.134. The summed E-state index contributed by atoms with van der Waals surface area (Å²) >= 11 is 0. The van der Waals surface area contributed by atoms with Crippen molar-refractivity contribution < 1.29 is 9.59 Å². The van der Waals surface area contributed by atoms with Gasteiger partial charge in [-0.2, -0.15) is 0 Å². The number of anilines is 1. The lowest BCUT2D eigenvalue weighted by Gasteiger charge is -2.27. The number of nitrogens with zero attached hydrogens (tertiary/aromatic N) is 1. The first-order chi connectivity index (χ1) is 12.1. The lowest BCUT2D eigenvalue weighted by atomic mass is 10.2. The summed E-state index contributed by atoms with van der Waals surface area (Å²) in [5.74, 6) is -0.359. The molecule has 0 unspecified atom stereocenters. The third kappa shape index (κ3) is 5.60. The zero-order valence-electron chi connectivity index (χ0n) is 14.7. The Morgan fingerprint density at radius 1 is 1.04 bits per heavy atom. The SMILES string of the molecule is CCCN(C(=O)/C=C\c1ccccc1)[C@@H](C)C(=O)Nc1ccccc1. The number of carbonyl (C=O) groups is 2. The molecule has 0 aliphatic carbocycles. The van der Waals surface area contributed by atoms with Crippen molar-refractivity contribution in [1.29, 1.82) is 0 Å². The van der Waals surface area contributed by atoms with Gasteiger partial charge in [-0.3, -0.25) is 9.59 Å². The number of rotatable bonds is 7. The molecular formula is C21H24N2O2. The highest BCUT2D eigenvalue weighted by Gasteiger charge is 2.23. The van der Waals surface area contributed by atoms with E-state index in [2.05, 4.69) is 5.32 Å². The zero-order valence-corrected chi connectivity index (χ0v) is 14.7. The largest absolute Gasteiger partial charge is 0.327 e. The first-order valence-electron chi connectivity index (χ1n) is 8.51. The van der Waals surface area contributed by atoms with Crippen LogP contribution in [0.5, 0.6) is 0 Å². The van der Waals surface area contributed by atoms with Crippen LogP contribution in [-0.4, -0.2) is 29.3 Å². The molecule has 2 rings (SSSR count). The monoisotopic (exact) mass is 336 g/mol. The maximum atomic E-state index is 12.6. The molecule has 2 aromatic rings. The topological polar surface area (TPSA) is 49.4 Å². The van der Waals surface area contributed by atoms with Crippen LogP contribution in [0.2, 0.25) is 0 Å². The highest BCUT2D eigenvalue weighted by Crippen LogP contribution is 2.10.